The number of benzene rings is 1. The van der Waals surface area contributed by atoms with Crippen molar-refractivity contribution in [3.63, 3.8) is 0 Å². The number of morpholine rings is 1. The van der Waals surface area contributed by atoms with Gasteiger partial charge in [0.25, 0.3) is 5.91 Å². The third-order valence-corrected chi connectivity index (χ3v) is 7.36. The van der Waals surface area contributed by atoms with Crippen molar-refractivity contribution in [3.8, 4) is 0 Å². The van der Waals surface area contributed by atoms with Gasteiger partial charge in [-0.15, -0.1) is 11.3 Å². The van der Waals surface area contributed by atoms with E-state index in [1.807, 2.05) is 31.2 Å². The Hall–Kier alpha value is -2.07. The van der Waals surface area contributed by atoms with E-state index in [4.69, 9.17) is 4.74 Å². The predicted octanol–water partition coefficient (Wildman–Crippen LogP) is 3.82. The van der Waals surface area contributed by atoms with E-state index in [0.29, 0.717) is 17.1 Å². The summed E-state index contributed by atoms with van der Waals surface area (Å²) in [4.78, 5) is 35.4. The quantitative estimate of drug-likeness (QED) is 0.559. The van der Waals surface area contributed by atoms with Crippen LogP contribution >= 0.6 is 27.3 Å². The van der Waals surface area contributed by atoms with Gasteiger partial charge in [0.15, 0.2) is 5.76 Å². The number of rotatable bonds is 7. The van der Waals surface area contributed by atoms with Gasteiger partial charge in [-0.2, -0.15) is 0 Å². The smallest absolute Gasteiger partial charge is 0.290 e. The Balaban J connectivity index is 1.64. The van der Waals surface area contributed by atoms with Crippen molar-refractivity contribution in [2.75, 3.05) is 39.4 Å². The lowest BCUT2D eigenvalue weighted by Gasteiger charge is -2.30. The molecule has 4 rings (SSSR count). The van der Waals surface area contributed by atoms with Gasteiger partial charge in [-0.25, -0.2) is 4.98 Å². The van der Waals surface area contributed by atoms with Gasteiger partial charge >= 0.3 is 0 Å². The number of aromatic nitrogens is 1. The number of halogens is 1. The highest BCUT2D eigenvalue weighted by atomic mass is 79.9. The summed E-state index contributed by atoms with van der Waals surface area (Å²) in [6.07, 6.45) is 0.740. The van der Waals surface area contributed by atoms with Crippen molar-refractivity contribution in [2.24, 2.45) is 0 Å². The van der Waals surface area contributed by atoms with E-state index in [0.717, 1.165) is 54.3 Å². The standard InChI is InChI=1S/C23H26BrN3O4S/c1-14-22(32-15(2)25-14)20(28)18-19(16-5-3-6-17(24)13-16)27(23(30)21(18)29)8-4-7-26-9-11-31-12-10-26/h3,5-6,13,19,29H,4,7-12H2,1-2H3/t19-/m1/s1. The molecule has 3 heterocycles. The van der Waals surface area contributed by atoms with Crippen molar-refractivity contribution in [2.45, 2.75) is 26.3 Å². The van der Waals surface area contributed by atoms with Gasteiger partial charge in [0, 0.05) is 30.7 Å². The molecule has 1 aromatic heterocycles. The number of ketones is 1. The first-order chi connectivity index (χ1) is 15.4. The Bertz CT molecular complexity index is 1060. The third-order valence-electron chi connectivity index (χ3n) is 5.80. The summed E-state index contributed by atoms with van der Waals surface area (Å²) in [7, 11) is 0. The fraction of sp³-hybridized carbons (Fsp3) is 0.435. The Morgan fingerprint density at radius 1 is 1.28 bits per heavy atom. The zero-order chi connectivity index (χ0) is 22.8. The molecular weight excluding hydrogens is 494 g/mol. The largest absolute Gasteiger partial charge is 0.503 e. The number of amides is 1. The molecule has 1 fully saturated rings. The first kappa shape index (κ1) is 23.1. The molecule has 32 heavy (non-hydrogen) atoms. The number of Topliss-reactive ketones (excluding diaryl/α,β-unsaturated/α-hetero) is 1. The molecule has 170 valence electrons. The first-order valence-electron chi connectivity index (χ1n) is 10.6. The number of aliphatic hydroxyl groups is 1. The predicted molar refractivity (Wildman–Crippen MR) is 126 cm³/mol. The van der Waals surface area contributed by atoms with Gasteiger partial charge in [0.1, 0.15) is 0 Å². The second kappa shape index (κ2) is 9.82. The molecule has 0 radical (unpaired) electrons. The van der Waals surface area contributed by atoms with Crippen molar-refractivity contribution in [1.29, 1.82) is 0 Å². The lowest BCUT2D eigenvalue weighted by atomic mass is 9.95. The van der Waals surface area contributed by atoms with Crippen LogP contribution in [0, 0.1) is 13.8 Å². The van der Waals surface area contributed by atoms with Crippen LogP contribution in [0.4, 0.5) is 0 Å². The van der Waals surface area contributed by atoms with Crippen LogP contribution in [0.1, 0.15) is 38.4 Å². The number of aryl methyl sites for hydroxylation is 2. The van der Waals surface area contributed by atoms with Gasteiger partial charge in [-0.05, 0) is 38.0 Å². The number of carbonyl (C=O) groups excluding carboxylic acids is 2. The maximum Gasteiger partial charge on any atom is 0.290 e. The minimum atomic E-state index is -0.640. The number of aliphatic hydroxyl groups excluding tert-OH is 1. The summed E-state index contributed by atoms with van der Waals surface area (Å²) in [5.41, 5.74) is 1.53. The van der Waals surface area contributed by atoms with Crippen molar-refractivity contribution in [1.82, 2.24) is 14.8 Å². The maximum atomic E-state index is 13.5. The highest BCUT2D eigenvalue weighted by Crippen LogP contribution is 2.40. The van der Waals surface area contributed by atoms with Crippen molar-refractivity contribution < 1.29 is 19.4 Å². The van der Waals surface area contributed by atoms with Gasteiger partial charge in [0.2, 0.25) is 5.78 Å². The minimum absolute atomic E-state index is 0.131. The van der Waals surface area contributed by atoms with Crippen LogP contribution < -0.4 is 0 Å². The number of ether oxygens (including phenoxy) is 1. The molecule has 2 aliphatic heterocycles. The average molecular weight is 520 g/mol. The molecule has 9 heteroatoms. The maximum absolute atomic E-state index is 13.5. The summed E-state index contributed by atoms with van der Waals surface area (Å²) < 4.78 is 6.24. The van der Waals surface area contributed by atoms with E-state index in [1.165, 1.54) is 11.3 Å². The molecular formula is C23H26BrN3O4S. The molecule has 0 saturated carbocycles. The number of carbonyl (C=O) groups is 2. The van der Waals surface area contributed by atoms with Crippen molar-refractivity contribution >= 4 is 39.0 Å². The summed E-state index contributed by atoms with van der Waals surface area (Å²) in [5.74, 6) is -1.30. The van der Waals surface area contributed by atoms with Crippen LogP contribution in [0.5, 0.6) is 0 Å². The third kappa shape index (κ3) is 4.66. The molecule has 1 amide bonds. The monoisotopic (exact) mass is 519 g/mol. The molecule has 0 unspecified atom stereocenters. The average Bonchev–Trinajstić information content (AvgIpc) is 3.24. The van der Waals surface area contributed by atoms with Crippen LogP contribution in [0.15, 0.2) is 40.1 Å². The molecule has 1 N–H and O–H groups in total. The normalized spacial score (nSPS) is 19.8. The summed E-state index contributed by atoms with van der Waals surface area (Å²) in [6.45, 7) is 8.08. The molecule has 1 saturated heterocycles. The van der Waals surface area contributed by atoms with Gasteiger partial charge < -0.3 is 14.7 Å². The minimum Gasteiger partial charge on any atom is -0.503 e. The van der Waals surface area contributed by atoms with Gasteiger partial charge in [0.05, 0.1) is 40.4 Å². The van der Waals surface area contributed by atoms with E-state index < -0.39 is 17.7 Å². The van der Waals surface area contributed by atoms with Crippen LogP contribution in [0.25, 0.3) is 0 Å². The Labute approximate surface area is 199 Å². The van der Waals surface area contributed by atoms with E-state index >= 15 is 0 Å². The zero-order valence-corrected chi connectivity index (χ0v) is 20.5. The van der Waals surface area contributed by atoms with Gasteiger partial charge in [-0.3, -0.25) is 14.5 Å². The fourth-order valence-electron chi connectivity index (χ4n) is 4.29. The molecule has 7 nitrogen and oxygen atoms in total. The summed E-state index contributed by atoms with van der Waals surface area (Å²) in [6, 6.07) is 6.90. The number of thiazole rings is 1. The SMILES string of the molecule is Cc1nc(C)c(C(=O)C2=C(O)C(=O)N(CCCN3CCOCC3)[C@@H]2c2cccc(Br)c2)s1. The topological polar surface area (TPSA) is 83.0 Å². The highest BCUT2D eigenvalue weighted by Gasteiger charge is 2.44. The molecule has 2 aliphatic rings. The Morgan fingerprint density at radius 2 is 2.03 bits per heavy atom. The van der Waals surface area contributed by atoms with Crippen LogP contribution in [0.2, 0.25) is 0 Å². The lowest BCUT2D eigenvalue weighted by molar-refractivity contribution is -0.129. The first-order valence-corrected chi connectivity index (χ1v) is 12.3. The van der Waals surface area contributed by atoms with E-state index in [1.54, 1.807) is 11.8 Å². The van der Waals surface area contributed by atoms with Crippen LogP contribution in [-0.4, -0.2) is 71.0 Å². The molecule has 1 atom stereocenters. The molecule has 2 aromatic rings. The zero-order valence-electron chi connectivity index (χ0n) is 18.1. The molecule has 0 aliphatic carbocycles. The summed E-state index contributed by atoms with van der Waals surface area (Å²) >= 11 is 4.77. The molecule has 1 aromatic carbocycles. The van der Waals surface area contributed by atoms with Crippen LogP contribution in [-0.2, 0) is 9.53 Å². The Kier molecular flexibility index (Phi) is 7.09. The number of nitrogens with zero attached hydrogens (tertiary/aromatic N) is 3. The van der Waals surface area contributed by atoms with E-state index in [9.17, 15) is 14.7 Å². The second-order valence-electron chi connectivity index (χ2n) is 8.00. The number of hydrogen-bond donors (Lipinski definition) is 1. The Morgan fingerprint density at radius 3 is 2.69 bits per heavy atom. The highest BCUT2D eigenvalue weighted by molar-refractivity contribution is 9.10. The lowest BCUT2D eigenvalue weighted by Crippen LogP contribution is -2.39. The van der Waals surface area contributed by atoms with E-state index in [2.05, 4.69) is 25.8 Å². The van der Waals surface area contributed by atoms with E-state index in [-0.39, 0.29) is 11.4 Å². The molecule has 0 bridgehead atoms. The van der Waals surface area contributed by atoms with Crippen molar-refractivity contribution in [3.05, 3.63) is 61.2 Å². The molecule has 0 spiro atoms. The number of hydrogen-bond acceptors (Lipinski definition) is 7. The van der Waals surface area contributed by atoms with Gasteiger partial charge in [-0.1, -0.05) is 28.1 Å². The summed E-state index contributed by atoms with van der Waals surface area (Å²) in [5, 5.41) is 11.6. The fourth-order valence-corrected chi connectivity index (χ4v) is 5.58. The van der Waals surface area contributed by atoms with Crippen LogP contribution in [0.3, 0.4) is 0 Å². The second-order valence-corrected chi connectivity index (χ2v) is 10.1.